The molecule has 1 atom stereocenters. The maximum absolute atomic E-state index is 5.90. The Labute approximate surface area is 113 Å². The zero-order valence-electron chi connectivity index (χ0n) is 11.2. The fraction of sp³-hybridized carbons (Fsp3) is 0.400. The average Bonchev–Trinajstić information content (AvgIpc) is 2.79. The van der Waals surface area contributed by atoms with Gasteiger partial charge < -0.3 is 10.5 Å². The summed E-state index contributed by atoms with van der Waals surface area (Å²) in [5.41, 5.74) is 10.5. The van der Waals surface area contributed by atoms with Crippen molar-refractivity contribution < 1.29 is 4.74 Å². The van der Waals surface area contributed by atoms with E-state index in [9.17, 15) is 0 Å². The first-order valence-electron chi connectivity index (χ1n) is 6.70. The largest absolute Gasteiger partial charge is 0.371 e. The van der Waals surface area contributed by atoms with Crippen LogP contribution in [-0.4, -0.2) is 16.4 Å². The van der Waals surface area contributed by atoms with E-state index in [1.54, 1.807) is 0 Å². The number of fused-ring (bicyclic) bond motifs is 1. The van der Waals surface area contributed by atoms with E-state index in [2.05, 4.69) is 29.4 Å². The monoisotopic (exact) mass is 257 g/mol. The molecule has 100 valence electrons. The summed E-state index contributed by atoms with van der Waals surface area (Å²) in [7, 11) is 0. The number of benzene rings is 1. The third-order valence-corrected chi connectivity index (χ3v) is 3.71. The van der Waals surface area contributed by atoms with Crippen LogP contribution in [0.5, 0.6) is 0 Å². The quantitative estimate of drug-likeness (QED) is 0.914. The van der Waals surface area contributed by atoms with Crippen molar-refractivity contribution in [2.45, 2.75) is 32.5 Å². The van der Waals surface area contributed by atoms with E-state index >= 15 is 0 Å². The highest BCUT2D eigenvalue weighted by molar-refractivity contribution is 5.30. The van der Waals surface area contributed by atoms with Crippen LogP contribution in [0.3, 0.4) is 0 Å². The van der Waals surface area contributed by atoms with Crippen LogP contribution in [0.25, 0.3) is 0 Å². The first-order valence-corrected chi connectivity index (χ1v) is 6.70. The lowest BCUT2D eigenvalue weighted by Crippen LogP contribution is -2.20. The van der Waals surface area contributed by atoms with Gasteiger partial charge in [0.25, 0.3) is 0 Å². The van der Waals surface area contributed by atoms with Crippen LogP contribution in [0.1, 0.15) is 28.5 Å². The second-order valence-electron chi connectivity index (χ2n) is 4.97. The molecule has 0 amide bonds. The molecule has 1 aromatic carbocycles. The highest BCUT2D eigenvalue weighted by Crippen LogP contribution is 2.28. The van der Waals surface area contributed by atoms with E-state index in [0.717, 1.165) is 30.8 Å². The summed E-state index contributed by atoms with van der Waals surface area (Å²) in [6.07, 6.45) is 3.12. The molecule has 0 fully saturated rings. The van der Waals surface area contributed by atoms with Crippen LogP contribution >= 0.6 is 0 Å². The maximum Gasteiger partial charge on any atom is 0.102 e. The molecule has 1 aliphatic rings. The summed E-state index contributed by atoms with van der Waals surface area (Å²) in [6.45, 7) is 4.06. The van der Waals surface area contributed by atoms with Gasteiger partial charge in [-0.2, -0.15) is 5.10 Å². The lowest BCUT2D eigenvalue weighted by Gasteiger charge is -2.25. The fourth-order valence-corrected chi connectivity index (χ4v) is 2.65. The van der Waals surface area contributed by atoms with Crippen molar-refractivity contribution in [2.75, 3.05) is 6.61 Å². The topological polar surface area (TPSA) is 53.1 Å². The van der Waals surface area contributed by atoms with Gasteiger partial charge in [-0.3, -0.25) is 4.68 Å². The minimum absolute atomic E-state index is 0.0925. The summed E-state index contributed by atoms with van der Waals surface area (Å²) in [6, 6.07) is 8.50. The molecule has 19 heavy (non-hydrogen) atoms. The van der Waals surface area contributed by atoms with E-state index in [-0.39, 0.29) is 6.10 Å². The Morgan fingerprint density at radius 2 is 2.26 bits per heavy atom. The van der Waals surface area contributed by atoms with Crippen LogP contribution < -0.4 is 5.73 Å². The summed E-state index contributed by atoms with van der Waals surface area (Å²) in [4.78, 5) is 0. The van der Waals surface area contributed by atoms with Crippen LogP contribution in [-0.2, 0) is 24.2 Å². The summed E-state index contributed by atoms with van der Waals surface area (Å²) in [5.74, 6) is 0. The van der Waals surface area contributed by atoms with Gasteiger partial charge in [0.1, 0.15) is 6.10 Å². The molecule has 0 spiro atoms. The minimum atomic E-state index is 0.0925. The molecule has 3 rings (SSSR count). The number of hydrogen-bond donors (Lipinski definition) is 1. The third-order valence-electron chi connectivity index (χ3n) is 3.71. The third kappa shape index (κ3) is 2.41. The molecule has 0 bridgehead atoms. The molecule has 2 N–H and O–H groups in total. The lowest BCUT2D eigenvalue weighted by atomic mass is 9.98. The first-order chi connectivity index (χ1) is 9.28. The Kier molecular flexibility index (Phi) is 3.36. The van der Waals surface area contributed by atoms with Crippen molar-refractivity contribution in [1.82, 2.24) is 9.78 Å². The van der Waals surface area contributed by atoms with Crippen LogP contribution in [0.2, 0.25) is 0 Å². The van der Waals surface area contributed by atoms with E-state index in [4.69, 9.17) is 10.5 Å². The number of aromatic nitrogens is 2. The fourth-order valence-electron chi connectivity index (χ4n) is 2.65. The van der Waals surface area contributed by atoms with E-state index in [1.165, 1.54) is 11.1 Å². The highest BCUT2D eigenvalue weighted by atomic mass is 16.5. The van der Waals surface area contributed by atoms with E-state index in [1.807, 2.05) is 17.8 Å². The standard InChI is InChI=1S/C15H19N3O/c1-11-13(8-16)9-18(17-11)10-15-14-5-3-2-4-12(14)6-7-19-15/h2-5,9,15H,6-8,10,16H2,1H3. The Balaban J connectivity index is 1.84. The molecule has 2 heterocycles. The van der Waals surface area contributed by atoms with Gasteiger partial charge in [-0.25, -0.2) is 0 Å². The predicted octanol–water partition coefficient (Wildman–Crippen LogP) is 1.96. The number of nitrogens with two attached hydrogens (primary N) is 1. The van der Waals surface area contributed by atoms with E-state index in [0.29, 0.717) is 6.54 Å². The number of hydrogen-bond acceptors (Lipinski definition) is 3. The van der Waals surface area contributed by atoms with Crippen LogP contribution in [0, 0.1) is 6.92 Å². The highest BCUT2D eigenvalue weighted by Gasteiger charge is 2.21. The summed E-state index contributed by atoms with van der Waals surface area (Å²) in [5, 5.41) is 4.51. The second-order valence-corrected chi connectivity index (χ2v) is 4.97. The van der Waals surface area contributed by atoms with Crippen molar-refractivity contribution in [3.8, 4) is 0 Å². The van der Waals surface area contributed by atoms with E-state index < -0.39 is 0 Å². The maximum atomic E-state index is 5.90. The number of aryl methyl sites for hydroxylation is 1. The van der Waals surface area contributed by atoms with Crippen molar-refractivity contribution >= 4 is 0 Å². The predicted molar refractivity (Wildman–Crippen MR) is 73.7 cm³/mol. The number of rotatable bonds is 3. The molecular formula is C15H19N3O. The molecule has 0 aliphatic carbocycles. The Morgan fingerprint density at radius 1 is 1.42 bits per heavy atom. The van der Waals surface area contributed by atoms with Crippen LogP contribution in [0.15, 0.2) is 30.5 Å². The van der Waals surface area contributed by atoms with Gasteiger partial charge in [-0.1, -0.05) is 24.3 Å². The molecule has 4 nitrogen and oxygen atoms in total. The zero-order valence-corrected chi connectivity index (χ0v) is 11.2. The van der Waals surface area contributed by atoms with Gasteiger partial charge >= 0.3 is 0 Å². The molecule has 1 aliphatic heterocycles. The Morgan fingerprint density at radius 3 is 3.05 bits per heavy atom. The smallest absolute Gasteiger partial charge is 0.102 e. The van der Waals surface area contributed by atoms with Gasteiger partial charge in [0, 0.05) is 18.3 Å². The number of ether oxygens (including phenoxy) is 1. The number of nitrogens with zero attached hydrogens (tertiary/aromatic N) is 2. The van der Waals surface area contributed by atoms with Crippen molar-refractivity contribution in [2.24, 2.45) is 5.73 Å². The SMILES string of the molecule is Cc1nn(CC2OCCc3ccccc32)cc1CN. The average molecular weight is 257 g/mol. The molecule has 1 unspecified atom stereocenters. The van der Waals surface area contributed by atoms with Crippen molar-refractivity contribution in [1.29, 1.82) is 0 Å². The van der Waals surface area contributed by atoms with Crippen LogP contribution in [0.4, 0.5) is 0 Å². The molecule has 0 saturated heterocycles. The van der Waals surface area contributed by atoms with Gasteiger partial charge in [0.2, 0.25) is 0 Å². The molecule has 0 saturated carbocycles. The molecule has 2 aromatic rings. The van der Waals surface area contributed by atoms with Gasteiger partial charge in [0.15, 0.2) is 0 Å². The molecule has 1 aromatic heterocycles. The van der Waals surface area contributed by atoms with Crippen molar-refractivity contribution in [3.05, 3.63) is 52.8 Å². The summed E-state index contributed by atoms with van der Waals surface area (Å²) < 4.78 is 7.85. The summed E-state index contributed by atoms with van der Waals surface area (Å²) >= 11 is 0. The molecular weight excluding hydrogens is 238 g/mol. The second kappa shape index (κ2) is 5.15. The molecule has 4 heteroatoms. The van der Waals surface area contributed by atoms with Gasteiger partial charge in [-0.15, -0.1) is 0 Å². The van der Waals surface area contributed by atoms with Gasteiger partial charge in [0.05, 0.1) is 18.8 Å². The normalized spacial score (nSPS) is 18.3. The zero-order chi connectivity index (χ0) is 13.2. The minimum Gasteiger partial charge on any atom is -0.371 e. The Hall–Kier alpha value is -1.65. The van der Waals surface area contributed by atoms with Gasteiger partial charge in [-0.05, 0) is 24.5 Å². The lowest BCUT2D eigenvalue weighted by molar-refractivity contribution is 0.0282. The first kappa shape index (κ1) is 12.4. The van der Waals surface area contributed by atoms with Crippen molar-refractivity contribution in [3.63, 3.8) is 0 Å². The Bertz CT molecular complexity index is 577. The molecule has 0 radical (unpaired) electrons.